The number of carbonyl (C=O) groups excluding carboxylic acids is 2. The van der Waals surface area contributed by atoms with E-state index in [9.17, 15) is 33.5 Å². The molecule has 0 aliphatic carbocycles. The van der Waals surface area contributed by atoms with E-state index < -0.39 is 52.1 Å². The number of anilines is 1. The van der Waals surface area contributed by atoms with E-state index in [0.717, 1.165) is 12.5 Å². The first-order valence-corrected chi connectivity index (χ1v) is 13.3. The Labute approximate surface area is 219 Å². The zero-order chi connectivity index (χ0) is 27.7. The number of aromatic nitrogens is 1. The van der Waals surface area contributed by atoms with Crippen LogP contribution >= 0.6 is 0 Å². The molecule has 200 valence electrons. The Bertz CT molecular complexity index is 1370. The lowest BCUT2D eigenvalue weighted by Crippen LogP contribution is -2.56. The van der Waals surface area contributed by atoms with Gasteiger partial charge in [-0.15, -0.1) is 0 Å². The molecule has 0 radical (unpaired) electrons. The lowest BCUT2D eigenvalue weighted by molar-refractivity contribution is -0.0212. The largest absolute Gasteiger partial charge is 0.431 e. The van der Waals surface area contributed by atoms with Gasteiger partial charge in [-0.05, 0) is 24.1 Å². The van der Waals surface area contributed by atoms with Crippen LogP contribution in [-0.4, -0.2) is 66.0 Å². The van der Waals surface area contributed by atoms with Crippen molar-refractivity contribution < 1.29 is 32.6 Å². The molecule has 0 aliphatic rings. The Morgan fingerprint density at radius 2 is 1.55 bits per heavy atom. The van der Waals surface area contributed by atoms with E-state index in [1.165, 1.54) is 0 Å². The lowest BCUT2D eigenvalue weighted by Gasteiger charge is -2.32. The van der Waals surface area contributed by atoms with Crippen molar-refractivity contribution in [3.8, 4) is 6.07 Å². The Kier molecular flexibility index (Phi) is 9.55. The van der Waals surface area contributed by atoms with Crippen LogP contribution in [0, 0.1) is 11.3 Å². The quantitative estimate of drug-likeness (QED) is 0.221. The number of nitriles is 1. The van der Waals surface area contributed by atoms with Gasteiger partial charge < -0.3 is 25.3 Å². The third-order valence-corrected chi connectivity index (χ3v) is 6.01. The van der Waals surface area contributed by atoms with Crippen LogP contribution in [0.2, 0.25) is 0 Å². The summed E-state index contributed by atoms with van der Waals surface area (Å²) >= 11 is 0. The summed E-state index contributed by atoms with van der Waals surface area (Å²) in [6.07, 6.45) is -1.69. The first kappa shape index (κ1) is 28.3. The number of hydrogen-bond donors (Lipinski definition) is 5. The fourth-order valence-corrected chi connectivity index (χ4v) is 4.03. The SMILES string of the molecule is CS(=O)(=O)Nc1nc(C(=O)NC(Cc2ccccc2)C(O)C(O)C(CC#N)NC(=O)c2ccccc2)co1. The van der Waals surface area contributed by atoms with Crippen LogP contribution in [-0.2, 0) is 16.4 Å². The van der Waals surface area contributed by atoms with Crippen LogP contribution in [0.3, 0.4) is 0 Å². The van der Waals surface area contributed by atoms with Gasteiger partial charge in [-0.2, -0.15) is 10.2 Å². The third kappa shape index (κ3) is 8.13. The molecule has 38 heavy (non-hydrogen) atoms. The van der Waals surface area contributed by atoms with Crippen molar-refractivity contribution >= 4 is 27.9 Å². The van der Waals surface area contributed by atoms with Crippen molar-refractivity contribution in [1.82, 2.24) is 15.6 Å². The monoisotopic (exact) mass is 541 g/mol. The van der Waals surface area contributed by atoms with Crippen molar-refractivity contribution in [2.24, 2.45) is 0 Å². The summed E-state index contributed by atoms with van der Waals surface area (Å²) in [6, 6.07) is 16.2. The summed E-state index contributed by atoms with van der Waals surface area (Å²) in [4.78, 5) is 29.3. The van der Waals surface area contributed by atoms with E-state index in [-0.39, 0.29) is 18.5 Å². The number of amides is 2. The molecule has 5 N–H and O–H groups in total. The number of benzene rings is 2. The van der Waals surface area contributed by atoms with E-state index in [1.807, 2.05) is 10.8 Å². The van der Waals surface area contributed by atoms with E-state index in [2.05, 4.69) is 15.6 Å². The van der Waals surface area contributed by atoms with Gasteiger partial charge in [-0.1, -0.05) is 48.5 Å². The average molecular weight is 542 g/mol. The summed E-state index contributed by atoms with van der Waals surface area (Å²) in [5.41, 5.74) is 0.742. The number of aliphatic hydroxyl groups excluding tert-OH is 2. The van der Waals surface area contributed by atoms with Crippen LogP contribution in [0.1, 0.15) is 32.8 Å². The fourth-order valence-electron chi connectivity index (χ4n) is 3.62. The molecule has 1 heterocycles. The summed E-state index contributed by atoms with van der Waals surface area (Å²) < 4.78 is 29.7. The number of nitrogens with one attached hydrogen (secondary N) is 3. The predicted molar refractivity (Wildman–Crippen MR) is 136 cm³/mol. The third-order valence-electron chi connectivity index (χ3n) is 5.46. The van der Waals surface area contributed by atoms with Crippen molar-refractivity contribution in [2.75, 3.05) is 11.0 Å². The van der Waals surface area contributed by atoms with Crippen LogP contribution < -0.4 is 15.4 Å². The Hall–Kier alpha value is -4.25. The number of carbonyl (C=O) groups is 2. The zero-order valence-corrected chi connectivity index (χ0v) is 21.1. The minimum Gasteiger partial charge on any atom is -0.431 e. The summed E-state index contributed by atoms with van der Waals surface area (Å²) in [7, 11) is -3.69. The highest BCUT2D eigenvalue weighted by Crippen LogP contribution is 2.15. The highest BCUT2D eigenvalue weighted by atomic mass is 32.2. The molecule has 0 fully saturated rings. The van der Waals surface area contributed by atoms with Gasteiger partial charge in [0.1, 0.15) is 18.5 Å². The first-order chi connectivity index (χ1) is 18.1. The molecule has 1 aromatic heterocycles. The van der Waals surface area contributed by atoms with Gasteiger partial charge in [0, 0.05) is 5.56 Å². The molecule has 3 aromatic rings. The summed E-state index contributed by atoms with van der Waals surface area (Å²) in [5.74, 6) is -1.36. The van der Waals surface area contributed by atoms with E-state index >= 15 is 0 Å². The molecule has 12 nitrogen and oxygen atoms in total. The number of nitrogens with zero attached hydrogens (tertiary/aromatic N) is 2. The van der Waals surface area contributed by atoms with Crippen LogP contribution in [0.25, 0.3) is 0 Å². The highest BCUT2D eigenvalue weighted by Gasteiger charge is 2.35. The molecule has 2 aromatic carbocycles. The van der Waals surface area contributed by atoms with E-state index in [4.69, 9.17) is 4.42 Å². The minimum absolute atomic E-state index is 0.0724. The molecule has 2 amide bonds. The maximum absolute atomic E-state index is 12.9. The number of aliphatic hydroxyl groups is 2. The molecule has 3 rings (SSSR count). The molecule has 0 bridgehead atoms. The van der Waals surface area contributed by atoms with Gasteiger partial charge in [-0.3, -0.25) is 9.59 Å². The van der Waals surface area contributed by atoms with Gasteiger partial charge >= 0.3 is 6.01 Å². The van der Waals surface area contributed by atoms with Gasteiger partial charge in [0.2, 0.25) is 10.0 Å². The molecular weight excluding hydrogens is 514 g/mol. The number of rotatable bonds is 12. The number of hydrogen-bond acceptors (Lipinski definition) is 9. The summed E-state index contributed by atoms with van der Waals surface area (Å²) in [6.45, 7) is 0. The van der Waals surface area contributed by atoms with Gasteiger partial charge in [0.15, 0.2) is 5.69 Å². The second kappa shape index (κ2) is 12.8. The molecule has 0 aliphatic heterocycles. The van der Waals surface area contributed by atoms with Gasteiger partial charge in [0.25, 0.3) is 11.8 Å². The highest BCUT2D eigenvalue weighted by molar-refractivity contribution is 7.91. The molecule has 0 spiro atoms. The molecule has 13 heteroatoms. The van der Waals surface area contributed by atoms with Crippen molar-refractivity contribution in [3.05, 3.63) is 83.7 Å². The summed E-state index contributed by atoms with van der Waals surface area (Å²) in [5, 5.41) is 36.5. The maximum Gasteiger partial charge on any atom is 0.309 e. The topological polar surface area (TPSA) is 195 Å². The Morgan fingerprint density at radius 3 is 2.16 bits per heavy atom. The first-order valence-electron chi connectivity index (χ1n) is 11.4. The van der Waals surface area contributed by atoms with E-state index in [0.29, 0.717) is 11.1 Å². The Balaban J connectivity index is 1.81. The molecular formula is C25H27N5O7S. The fraction of sp³-hybridized carbons (Fsp3) is 0.280. The minimum atomic E-state index is -3.69. The Morgan fingerprint density at radius 1 is 0.974 bits per heavy atom. The van der Waals surface area contributed by atoms with Crippen LogP contribution in [0.5, 0.6) is 0 Å². The van der Waals surface area contributed by atoms with Gasteiger partial charge in [0.05, 0.1) is 30.8 Å². The zero-order valence-electron chi connectivity index (χ0n) is 20.3. The van der Waals surface area contributed by atoms with Crippen molar-refractivity contribution in [3.63, 3.8) is 0 Å². The van der Waals surface area contributed by atoms with E-state index in [1.54, 1.807) is 60.7 Å². The van der Waals surface area contributed by atoms with Crippen molar-refractivity contribution in [2.45, 2.75) is 37.1 Å². The molecule has 4 atom stereocenters. The van der Waals surface area contributed by atoms with Crippen LogP contribution in [0.15, 0.2) is 71.3 Å². The predicted octanol–water partition coefficient (Wildman–Crippen LogP) is 0.821. The standard InChI is InChI=1S/C25H27N5O7S/c1-38(35,36)30-25-29-20(15-37-25)24(34)28-19(14-16-8-4-2-5-9-16)22(32)21(31)18(12-13-26)27-23(33)17-10-6-3-7-11-17/h2-11,15,18-19,21-22,31-32H,12,14H2,1H3,(H,27,33)(H,28,34)(H,29,30). The second-order valence-electron chi connectivity index (χ2n) is 8.47. The van der Waals surface area contributed by atoms with Gasteiger partial charge in [-0.25, -0.2) is 13.1 Å². The number of oxazole rings is 1. The maximum atomic E-state index is 12.9. The lowest BCUT2D eigenvalue weighted by atomic mass is 9.92. The molecule has 4 unspecified atom stereocenters. The second-order valence-corrected chi connectivity index (χ2v) is 10.2. The average Bonchev–Trinajstić information content (AvgIpc) is 3.35. The smallest absolute Gasteiger partial charge is 0.309 e. The van der Waals surface area contributed by atoms with Crippen LogP contribution in [0.4, 0.5) is 6.01 Å². The number of sulfonamides is 1. The normalized spacial score (nSPS) is 14.4. The molecule has 0 saturated carbocycles. The molecule has 0 saturated heterocycles. The van der Waals surface area contributed by atoms with Crippen molar-refractivity contribution in [1.29, 1.82) is 5.26 Å².